The Hall–Kier alpha value is -2.76. The van der Waals surface area contributed by atoms with E-state index in [1.165, 1.54) is 12.3 Å². The number of nitrogens with zero attached hydrogens (tertiary/aromatic N) is 4. The second kappa shape index (κ2) is 10.3. The number of imidazole rings is 1. The van der Waals surface area contributed by atoms with Crippen molar-refractivity contribution >= 4 is 57.9 Å². The lowest BCUT2D eigenvalue weighted by molar-refractivity contribution is -0.122. The van der Waals surface area contributed by atoms with Crippen LogP contribution in [0, 0.1) is 11.7 Å². The van der Waals surface area contributed by atoms with Gasteiger partial charge in [-0.2, -0.15) is 4.98 Å². The quantitative estimate of drug-likeness (QED) is 0.412. The van der Waals surface area contributed by atoms with E-state index in [0.29, 0.717) is 55.8 Å². The Morgan fingerprint density at radius 1 is 1.17 bits per heavy atom. The normalized spacial score (nSPS) is 24.6. The van der Waals surface area contributed by atoms with Crippen molar-refractivity contribution in [3.63, 3.8) is 0 Å². The van der Waals surface area contributed by atoms with E-state index in [4.69, 9.17) is 33.7 Å². The van der Waals surface area contributed by atoms with E-state index in [9.17, 15) is 13.6 Å². The van der Waals surface area contributed by atoms with Crippen molar-refractivity contribution in [2.24, 2.45) is 11.7 Å². The first-order valence-electron chi connectivity index (χ1n) is 11.7. The molecule has 1 aliphatic carbocycles. The van der Waals surface area contributed by atoms with Gasteiger partial charge in [0.2, 0.25) is 17.8 Å². The lowest BCUT2D eigenvalue weighted by Gasteiger charge is -2.29. The molecule has 0 bridgehead atoms. The Bertz CT molecular complexity index is 1260. The van der Waals surface area contributed by atoms with Gasteiger partial charge in [0.05, 0.1) is 29.6 Å². The molecule has 13 heteroatoms. The minimum absolute atomic E-state index is 0.0163. The lowest BCUT2D eigenvalue weighted by Crippen LogP contribution is -2.39. The maximum atomic E-state index is 14.7. The Morgan fingerprint density at radius 3 is 2.64 bits per heavy atom. The first-order chi connectivity index (χ1) is 17.3. The third-order valence-corrected chi connectivity index (χ3v) is 7.26. The molecule has 2 fully saturated rings. The van der Waals surface area contributed by atoms with Crippen LogP contribution in [0.25, 0.3) is 11.2 Å². The summed E-state index contributed by atoms with van der Waals surface area (Å²) in [5.74, 6) is -0.575. The zero-order valence-corrected chi connectivity index (χ0v) is 20.7. The van der Waals surface area contributed by atoms with Crippen LogP contribution in [0.15, 0.2) is 18.3 Å². The van der Waals surface area contributed by atoms with Crippen LogP contribution in [0.4, 0.5) is 26.4 Å². The number of primary amides is 1. The molecule has 5 rings (SSSR count). The molecule has 1 aliphatic heterocycles. The van der Waals surface area contributed by atoms with E-state index in [1.54, 1.807) is 0 Å². The van der Waals surface area contributed by atoms with Gasteiger partial charge in [-0.3, -0.25) is 9.36 Å². The van der Waals surface area contributed by atoms with Crippen molar-refractivity contribution in [2.75, 3.05) is 23.8 Å². The molecule has 1 aromatic carbocycles. The number of carbonyl (C=O) groups excluding carboxylic acids is 1. The van der Waals surface area contributed by atoms with Crippen LogP contribution in [0.5, 0.6) is 0 Å². The molecule has 0 unspecified atom stereocenters. The van der Waals surface area contributed by atoms with Gasteiger partial charge >= 0.3 is 0 Å². The van der Waals surface area contributed by atoms with Crippen LogP contribution >= 0.6 is 23.2 Å². The molecule has 0 radical (unpaired) electrons. The number of hydrogen-bond acceptors (Lipinski definition) is 7. The molecule has 36 heavy (non-hydrogen) atoms. The zero-order valence-electron chi connectivity index (χ0n) is 19.2. The van der Waals surface area contributed by atoms with Gasteiger partial charge in [-0.1, -0.05) is 23.2 Å². The number of alkyl halides is 1. The minimum Gasteiger partial charge on any atom is -0.378 e. The Balaban J connectivity index is 1.53. The van der Waals surface area contributed by atoms with Crippen molar-refractivity contribution in [3.05, 3.63) is 34.2 Å². The molecule has 1 amide bonds. The molecule has 3 heterocycles. The van der Waals surface area contributed by atoms with Crippen molar-refractivity contribution in [1.82, 2.24) is 19.5 Å². The van der Waals surface area contributed by atoms with E-state index < -0.39 is 18.0 Å². The van der Waals surface area contributed by atoms with E-state index in [0.717, 1.165) is 6.07 Å². The van der Waals surface area contributed by atoms with E-state index in [-0.39, 0.29) is 46.2 Å². The topological polar surface area (TPSA) is 120 Å². The highest BCUT2D eigenvalue weighted by Crippen LogP contribution is 2.38. The molecule has 2 aliphatic rings. The molecule has 192 valence electrons. The summed E-state index contributed by atoms with van der Waals surface area (Å²) in [5.41, 5.74) is 6.50. The fourth-order valence-corrected chi connectivity index (χ4v) is 5.33. The number of carbonyl (C=O) groups is 1. The largest absolute Gasteiger partial charge is 0.378 e. The third-order valence-electron chi connectivity index (χ3n) is 6.74. The van der Waals surface area contributed by atoms with Crippen molar-refractivity contribution < 1.29 is 18.3 Å². The van der Waals surface area contributed by atoms with Crippen molar-refractivity contribution in [1.29, 1.82) is 0 Å². The average Bonchev–Trinajstić information content (AvgIpc) is 3.20. The number of benzene rings is 1. The van der Waals surface area contributed by atoms with Crippen LogP contribution in [0.1, 0.15) is 38.1 Å². The Labute approximate surface area is 215 Å². The first-order valence-corrected chi connectivity index (χ1v) is 12.5. The van der Waals surface area contributed by atoms with Gasteiger partial charge in [-0.15, -0.1) is 0 Å². The SMILES string of the molecule is NC(=O)[C@H]1CC[C@H](n2c(Nc3c(F)cc(Cl)cc3Cl)nc3cnc(N[C@H]4CCOC[C@H]4F)nc32)CC1. The minimum atomic E-state index is -1.18. The summed E-state index contributed by atoms with van der Waals surface area (Å²) >= 11 is 12.2. The second-order valence-corrected chi connectivity index (χ2v) is 9.96. The predicted octanol–water partition coefficient (Wildman–Crippen LogP) is 4.77. The highest BCUT2D eigenvalue weighted by Gasteiger charge is 2.30. The predicted molar refractivity (Wildman–Crippen MR) is 133 cm³/mol. The summed E-state index contributed by atoms with van der Waals surface area (Å²) in [4.78, 5) is 25.2. The Kier molecular flexibility index (Phi) is 7.14. The number of amides is 1. The number of nitrogens with two attached hydrogens (primary N) is 1. The molecule has 4 N–H and O–H groups in total. The summed E-state index contributed by atoms with van der Waals surface area (Å²) in [6, 6.07) is 2.02. The summed E-state index contributed by atoms with van der Waals surface area (Å²) < 4.78 is 36.1. The number of ether oxygens (including phenoxy) is 1. The molecule has 1 saturated carbocycles. The van der Waals surface area contributed by atoms with Crippen LogP contribution in [0.2, 0.25) is 10.0 Å². The fourth-order valence-electron chi connectivity index (χ4n) is 4.82. The molecule has 9 nitrogen and oxygen atoms in total. The molecule has 0 spiro atoms. The number of anilines is 3. The summed E-state index contributed by atoms with van der Waals surface area (Å²) in [5, 5.41) is 6.32. The maximum Gasteiger partial charge on any atom is 0.225 e. The average molecular weight is 540 g/mol. The monoisotopic (exact) mass is 539 g/mol. The molecule has 1 saturated heterocycles. The number of hydrogen-bond donors (Lipinski definition) is 3. The summed E-state index contributed by atoms with van der Waals surface area (Å²) in [6.45, 7) is 0.464. The van der Waals surface area contributed by atoms with Gasteiger partial charge < -0.3 is 21.1 Å². The number of fused-ring (bicyclic) bond motifs is 1. The number of nitrogens with one attached hydrogen (secondary N) is 2. The number of halogens is 4. The van der Waals surface area contributed by atoms with E-state index in [2.05, 4.69) is 25.6 Å². The second-order valence-electron chi connectivity index (χ2n) is 9.12. The van der Waals surface area contributed by atoms with Crippen LogP contribution < -0.4 is 16.4 Å². The first kappa shape index (κ1) is 24.9. The Morgan fingerprint density at radius 2 is 1.94 bits per heavy atom. The van der Waals surface area contributed by atoms with Crippen molar-refractivity contribution in [3.8, 4) is 0 Å². The number of aromatic nitrogens is 4. The highest BCUT2D eigenvalue weighted by molar-refractivity contribution is 6.36. The lowest BCUT2D eigenvalue weighted by atomic mass is 9.85. The van der Waals surface area contributed by atoms with Crippen LogP contribution in [-0.2, 0) is 9.53 Å². The standard InChI is InChI=1S/C23H25Cl2F2N7O2/c24-12-7-14(25)19(15(26)8-12)32-23-31-18-9-29-22(30-17-5-6-36-10-16(17)27)33-21(18)34(23)13-3-1-11(2-4-13)20(28)35/h7-9,11,13,16-17H,1-6,10H2,(H2,28,35)(H,31,32)(H,29,30,33)/t11-,13-,16-,17+/m1/s1. The van der Waals surface area contributed by atoms with Gasteiger partial charge in [0.15, 0.2) is 5.65 Å². The molecule has 3 aromatic rings. The van der Waals surface area contributed by atoms with Crippen LogP contribution in [0.3, 0.4) is 0 Å². The fraction of sp³-hybridized carbons (Fsp3) is 0.478. The van der Waals surface area contributed by atoms with Crippen LogP contribution in [-0.4, -0.2) is 50.9 Å². The third kappa shape index (κ3) is 5.05. The smallest absolute Gasteiger partial charge is 0.225 e. The van der Waals surface area contributed by atoms with Gasteiger partial charge in [-0.25, -0.2) is 18.7 Å². The van der Waals surface area contributed by atoms with E-state index in [1.807, 2.05) is 4.57 Å². The van der Waals surface area contributed by atoms with E-state index >= 15 is 0 Å². The van der Waals surface area contributed by atoms with Gasteiger partial charge in [0, 0.05) is 23.6 Å². The highest BCUT2D eigenvalue weighted by atomic mass is 35.5. The maximum absolute atomic E-state index is 14.7. The van der Waals surface area contributed by atoms with Gasteiger partial charge in [0.1, 0.15) is 17.5 Å². The molecular weight excluding hydrogens is 515 g/mol. The molecule has 2 aromatic heterocycles. The van der Waals surface area contributed by atoms with Crippen molar-refractivity contribution in [2.45, 2.75) is 50.4 Å². The van der Waals surface area contributed by atoms with Gasteiger partial charge in [0.25, 0.3) is 0 Å². The number of rotatable bonds is 6. The van der Waals surface area contributed by atoms with Gasteiger partial charge in [-0.05, 0) is 44.2 Å². The molecular formula is C23H25Cl2F2N7O2. The summed E-state index contributed by atoms with van der Waals surface area (Å²) in [6.07, 6.45) is 3.34. The summed E-state index contributed by atoms with van der Waals surface area (Å²) in [7, 11) is 0. The zero-order chi connectivity index (χ0) is 25.4. The molecule has 2 atom stereocenters.